The third-order valence-electron chi connectivity index (χ3n) is 4.88. The number of hydrogen-bond donors (Lipinski definition) is 0. The number of benzene rings is 3. The highest BCUT2D eigenvalue weighted by atomic mass is 16.5. The maximum atomic E-state index is 5.24. The third-order valence-corrected chi connectivity index (χ3v) is 4.88. The van der Waals surface area contributed by atoms with Crippen molar-refractivity contribution < 1.29 is 9.47 Å². The second-order valence-electron chi connectivity index (χ2n) is 6.95. The van der Waals surface area contributed by atoms with E-state index in [1.807, 2.05) is 83.6 Å². The van der Waals surface area contributed by atoms with Gasteiger partial charge in [-0.15, -0.1) is 0 Å². The molecule has 0 bridgehead atoms. The number of aromatic nitrogens is 2. The summed E-state index contributed by atoms with van der Waals surface area (Å²) >= 11 is 0. The summed E-state index contributed by atoms with van der Waals surface area (Å²) in [4.78, 5) is 0. The van der Waals surface area contributed by atoms with Crippen molar-refractivity contribution in [3.8, 4) is 17.2 Å². The molecule has 154 valence electrons. The zero-order chi connectivity index (χ0) is 21.5. The summed E-state index contributed by atoms with van der Waals surface area (Å²) in [6.45, 7) is 0. The zero-order valence-electron chi connectivity index (χ0n) is 17.6. The van der Waals surface area contributed by atoms with Crippen molar-refractivity contribution in [2.24, 2.45) is 0 Å². The first-order chi connectivity index (χ1) is 15.2. The predicted octanol–water partition coefficient (Wildman–Crippen LogP) is 6.23. The Morgan fingerprint density at radius 3 is 1.74 bits per heavy atom. The molecule has 4 nitrogen and oxygen atoms in total. The van der Waals surface area contributed by atoms with Crippen LogP contribution >= 0.6 is 0 Å². The molecular weight excluding hydrogens is 384 g/mol. The maximum absolute atomic E-state index is 5.24. The second kappa shape index (κ2) is 9.63. The molecule has 4 rings (SSSR count). The Balaban J connectivity index is 1.63. The molecule has 0 saturated heterocycles. The number of methoxy groups -OCH3 is 2. The van der Waals surface area contributed by atoms with E-state index in [-0.39, 0.29) is 0 Å². The van der Waals surface area contributed by atoms with Gasteiger partial charge in [-0.25, -0.2) is 4.68 Å². The highest BCUT2D eigenvalue weighted by molar-refractivity contribution is 5.73. The van der Waals surface area contributed by atoms with E-state index in [9.17, 15) is 0 Å². The van der Waals surface area contributed by atoms with Crippen LogP contribution in [0.25, 0.3) is 30.0 Å². The monoisotopic (exact) mass is 408 g/mol. The van der Waals surface area contributed by atoms with Crippen LogP contribution in [0, 0.1) is 0 Å². The number of para-hydroxylation sites is 1. The Labute approximate surface area is 182 Å². The van der Waals surface area contributed by atoms with Crippen LogP contribution in [0.5, 0.6) is 11.5 Å². The standard InChI is InChI=1S/C27H24N2O2/c1-30-26-16-10-21(11-17-26)8-14-23-20-25(29(28-23)24-6-4-3-5-7-24)15-9-22-12-18-27(31-2)19-13-22/h3-20H,1-2H3. The molecule has 4 heteroatoms. The van der Waals surface area contributed by atoms with Crippen LogP contribution in [0.1, 0.15) is 22.5 Å². The minimum atomic E-state index is 0.844. The molecule has 0 aliphatic heterocycles. The molecule has 0 fully saturated rings. The molecule has 31 heavy (non-hydrogen) atoms. The van der Waals surface area contributed by atoms with Crippen LogP contribution in [-0.2, 0) is 0 Å². The summed E-state index contributed by atoms with van der Waals surface area (Å²) in [6, 6.07) is 28.1. The summed E-state index contributed by atoms with van der Waals surface area (Å²) in [5.74, 6) is 1.69. The van der Waals surface area contributed by atoms with Crippen molar-refractivity contribution in [1.29, 1.82) is 0 Å². The first-order valence-electron chi connectivity index (χ1n) is 10.0. The molecule has 0 saturated carbocycles. The van der Waals surface area contributed by atoms with Gasteiger partial charge in [-0.05, 0) is 65.7 Å². The van der Waals surface area contributed by atoms with Gasteiger partial charge in [0, 0.05) is 0 Å². The molecule has 0 N–H and O–H groups in total. The van der Waals surface area contributed by atoms with E-state index in [4.69, 9.17) is 14.6 Å². The van der Waals surface area contributed by atoms with Crippen molar-refractivity contribution in [3.05, 3.63) is 107 Å². The molecule has 1 heterocycles. The molecule has 0 aliphatic carbocycles. The highest BCUT2D eigenvalue weighted by Gasteiger charge is 2.06. The molecular formula is C27H24N2O2. The van der Waals surface area contributed by atoms with Gasteiger partial charge in [-0.1, -0.05) is 54.6 Å². The molecule has 0 radical (unpaired) electrons. The lowest BCUT2D eigenvalue weighted by Crippen LogP contribution is -1.98. The van der Waals surface area contributed by atoms with Gasteiger partial charge in [0.05, 0.1) is 31.3 Å². The van der Waals surface area contributed by atoms with Gasteiger partial charge in [0.15, 0.2) is 0 Å². The average molecular weight is 409 g/mol. The lowest BCUT2D eigenvalue weighted by Gasteiger charge is -2.04. The fraction of sp³-hybridized carbons (Fsp3) is 0.0741. The van der Waals surface area contributed by atoms with Gasteiger partial charge in [0.1, 0.15) is 11.5 Å². The quantitative estimate of drug-likeness (QED) is 0.364. The Kier molecular flexibility index (Phi) is 6.29. The van der Waals surface area contributed by atoms with Crippen LogP contribution in [0.15, 0.2) is 84.9 Å². The van der Waals surface area contributed by atoms with Crippen LogP contribution in [0.2, 0.25) is 0 Å². The van der Waals surface area contributed by atoms with Crippen molar-refractivity contribution in [2.45, 2.75) is 0 Å². The summed E-state index contributed by atoms with van der Waals surface area (Å²) in [7, 11) is 3.34. The van der Waals surface area contributed by atoms with Crippen molar-refractivity contribution in [1.82, 2.24) is 9.78 Å². The van der Waals surface area contributed by atoms with E-state index < -0.39 is 0 Å². The van der Waals surface area contributed by atoms with Crippen LogP contribution < -0.4 is 9.47 Å². The van der Waals surface area contributed by atoms with Gasteiger partial charge in [0.25, 0.3) is 0 Å². The fourth-order valence-electron chi connectivity index (χ4n) is 3.18. The van der Waals surface area contributed by atoms with E-state index in [2.05, 4.69) is 30.4 Å². The normalized spacial score (nSPS) is 11.3. The van der Waals surface area contributed by atoms with Crippen molar-refractivity contribution in [3.63, 3.8) is 0 Å². The third kappa shape index (κ3) is 5.11. The Morgan fingerprint density at radius 1 is 0.645 bits per heavy atom. The average Bonchev–Trinajstić information content (AvgIpc) is 3.26. The van der Waals surface area contributed by atoms with E-state index >= 15 is 0 Å². The van der Waals surface area contributed by atoms with Crippen LogP contribution in [0.3, 0.4) is 0 Å². The first-order valence-corrected chi connectivity index (χ1v) is 10.0. The van der Waals surface area contributed by atoms with E-state index in [0.29, 0.717) is 0 Å². The SMILES string of the molecule is COc1ccc(C=Cc2cc(C=Cc3ccc(OC)cc3)n(-c3ccccc3)n2)cc1. The van der Waals surface area contributed by atoms with Gasteiger partial charge in [-0.2, -0.15) is 5.10 Å². The van der Waals surface area contributed by atoms with Crippen LogP contribution in [0.4, 0.5) is 0 Å². The topological polar surface area (TPSA) is 36.3 Å². The summed E-state index contributed by atoms with van der Waals surface area (Å²) < 4.78 is 12.4. The predicted molar refractivity (Wildman–Crippen MR) is 127 cm³/mol. The van der Waals surface area contributed by atoms with Gasteiger partial charge in [-0.3, -0.25) is 0 Å². The minimum Gasteiger partial charge on any atom is -0.497 e. The largest absolute Gasteiger partial charge is 0.497 e. The summed E-state index contributed by atoms with van der Waals surface area (Å²) in [5, 5.41) is 4.80. The molecule has 1 aromatic heterocycles. The Hall–Kier alpha value is -4.05. The number of rotatable bonds is 7. The van der Waals surface area contributed by atoms with E-state index in [1.54, 1.807) is 14.2 Å². The summed E-state index contributed by atoms with van der Waals surface area (Å²) in [5.41, 5.74) is 5.08. The molecule has 0 unspecified atom stereocenters. The zero-order valence-corrected chi connectivity index (χ0v) is 17.6. The Bertz CT molecular complexity index is 1170. The molecule has 0 atom stereocenters. The molecule has 3 aromatic carbocycles. The number of hydrogen-bond acceptors (Lipinski definition) is 3. The minimum absolute atomic E-state index is 0.844. The molecule has 0 amide bonds. The van der Waals surface area contributed by atoms with Crippen LogP contribution in [-0.4, -0.2) is 24.0 Å². The number of nitrogens with zero attached hydrogens (tertiary/aromatic N) is 2. The lowest BCUT2D eigenvalue weighted by atomic mass is 10.1. The van der Waals surface area contributed by atoms with Gasteiger partial charge in [0.2, 0.25) is 0 Å². The molecule has 0 aliphatic rings. The Morgan fingerprint density at radius 2 is 1.19 bits per heavy atom. The lowest BCUT2D eigenvalue weighted by molar-refractivity contribution is 0.414. The second-order valence-corrected chi connectivity index (χ2v) is 6.95. The van der Waals surface area contributed by atoms with E-state index in [1.165, 1.54) is 0 Å². The van der Waals surface area contributed by atoms with Crippen molar-refractivity contribution >= 4 is 24.3 Å². The van der Waals surface area contributed by atoms with Gasteiger partial charge < -0.3 is 9.47 Å². The van der Waals surface area contributed by atoms with Crippen molar-refractivity contribution in [2.75, 3.05) is 14.2 Å². The first kappa shape index (κ1) is 20.2. The maximum Gasteiger partial charge on any atom is 0.118 e. The molecule has 4 aromatic rings. The molecule has 0 spiro atoms. The number of ether oxygens (including phenoxy) is 2. The van der Waals surface area contributed by atoms with E-state index in [0.717, 1.165) is 39.7 Å². The highest BCUT2D eigenvalue weighted by Crippen LogP contribution is 2.19. The summed E-state index contributed by atoms with van der Waals surface area (Å²) in [6.07, 6.45) is 8.22. The van der Waals surface area contributed by atoms with Gasteiger partial charge >= 0.3 is 0 Å². The smallest absolute Gasteiger partial charge is 0.118 e. The fourth-order valence-corrected chi connectivity index (χ4v) is 3.18.